The molecule has 0 bridgehead atoms. The molecule has 0 saturated carbocycles. The Morgan fingerprint density at radius 2 is 2.15 bits per heavy atom. The highest BCUT2D eigenvalue weighted by atomic mass is 28.3. The zero-order chi connectivity index (χ0) is 9.90. The van der Waals surface area contributed by atoms with Crippen molar-refractivity contribution in [1.82, 2.24) is 9.78 Å². The van der Waals surface area contributed by atoms with Crippen molar-refractivity contribution in [2.24, 2.45) is 0 Å². The molecule has 0 aromatic carbocycles. The van der Waals surface area contributed by atoms with Gasteiger partial charge in [0.25, 0.3) is 0 Å². The quantitative estimate of drug-likeness (QED) is 0.492. The highest BCUT2D eigenvalue weighted by molar-refractivity contribution is 6.83. The second kappa shape index (κ2) is 3.80. The van der Waals surface area contributed by atoms with Crippen LogP contribution in [0.3, 0.4) is 0 Å². The molecule has 70 valence electrons. The molecule has 3 heteroatoms. The van der Waals surface area contributed by atoms with Crippen LogP contribution >= 0.6 is 0 Å². The summed E-state index contributed by atoms with van der Waals surface area (Å²) < 4.78 is 1.92. The van der Waals surface area contributed by atoms with Gasteiger partial charge < -0.3 is 0 Å². The van der Waals surface area contributed by atoms with E-state index in [1.54, 1.807) is 6.20 Å². The Morgan fingerprint density at radius 1 is 1.46 bits per heavy atom. The van der Waals surface area contributed by atoms with Gasteiger partial charge in [-0.1, -0.05) is 25.6 Å². The van der Waals surface area contributed by atoms with Crippen LogP contribution in [0, 0.1) is 11.5 Å². The van der Waals surface area contributed by atoms with Crippen LogP contribution in [0.1, 0.15) is 12.6 Å². The van der Waals surface area contributed by atoms with Gasteiger partial charge in [-0.05, 0) is 13.0 Å². The second-order valence-electron chi connectivity index (χ2n) is 4.03. The molecule has 1 aromatic rings. The summed E-state index contributed by atoms with van der Waals surface area (Å²) in [5.74, 6) is 3.20. The average Bonchev–Trinajstić information content (AvgIpc) is 2.46. The first-order chi connectivity index (χ1) is 6.03. The molecular weight excluding hydrogens is 176 g/mol. The van der Waals surface area contributed by atoms with E-state index in [4.69, 9.17) is 0 Å². The van der Waals surface area contributed by atoms with Crippen molar-refractivity contribution < 1.29 is 0 Å². The zero-order valence-corrected chi connectivity index (χ0v) is 9.76. The fourth-order valence-corrected chi connectivity index (χ4v) is 1.45. The van der Waals surface area contributed by atoms with Crippen LogP contribution in [0.4, 0.5) is 0 Å². The fourth-order valence-electron chi connectivity index (χ4n) is 0.942. The number of hydrogen-bond acceptors (Lipinski definition) is 1. The van der Waals surface area contributed by atoms with Gasteiger partial charge in [-0.15, -0.1) is 5.54 Å². The Bertz CT molecular complexity index is 336. The van der Waals surface area contributed by atoms with Crippen LogP contribution in [0.2, 0.25) is 19.6 Å². The van der Waals surface area contributed by atoms with E-state index in [1.807, 2.05) is 10.7 Å². The average molecular weight is 192 g/mol. The van der Waals surface area contributed by atoms with Crippen molar-refractivity contribution in [1.29, 1.82) is 0 Å². The maximum absolute atomic E-state index is 4.16. The molecule has 13 heavy (non-hydrogen) atoms. The zero-order valence-electron chi connectivity index (χ0n) is 8.76. The molecule has 0 saturated heterocycles. The first-order valence-corrected chi connectivity index (χ1v) is 8.08. The number of hydrogen-bond donors (Lipinski definition) is 0. The summed E-state index contributed by atoms with van der Waals surface area (Å²) in [5.41, 5.74) is 4.36. The first-order valence-electron chi connectivity index (χ1n) is 4.58. The molecular formula is C10H16N2Si. The maximum Gasteiger partial charge on any atom is 0.129 e. The molecule has 0 amide bonds. The van der Waals surface area contributed by atoms with Crippen molar-refractivity contribution in [3.05, 3.63) is 18.0 Å². The Kier molecular flexibility index (Phi) is 2.94. The summed E-state index contributed by atoms with van der Waals surface area (Å²) in [6.07, 6.45) is 1.80. The molecule has 0 aliphatic carbocycles. The normalized spacial score (nSPS) is 10.8. The van der Waals surface area contributed by atoms with E-state index < -0.39 is 8.07 Å². The van der Waals surface area contributed by atoms with Crippen molar-refractivity contribution in [3.63, 3.8) is 0 Å². The fraction of sp³-hybridized carbons (Fsp3) is 0.500. The Balaban J connectivity index is 2.89. The van der Waals surface area contributed by atoms with Crippen molar-refractivity contribution in [2.75, 3.05) is 0 Å². The summed E-state index contributed by atoms with van der Waals surface area (Å²) in [5, 5.41) is 4.16. The lowest BCUT2D eigenvalue weighted by atomic mass is 10.4. The van der Waals surface area contributed by atoms with Gasteiger partial charge in [0.1, 0.15) is 13.8 Å². The van der Waals surface area contributed by atoms with Gasteiger partial charge in [-0.25, -0.2) is 0 Å². The van der Waals surface area contributed by atoms with E-state index in [0.29, 0.717) is 0 Å². The summed E-state index contributed by atoms with van der Waals surface area (Å²) in [6.45, 7) is 9.70. The molecule has 1 rings (SSSR count). The third-order valence-electron chi connectivity index (χ3n) is 1.58. The van der Waals surface area contributed by atoms with Gasteiger partial charge in [0, 0.05) is 6.54 Å². The SMILES string of the molecule is CCn1nccc1C#C[Si](C)(C)C. The second-order valence-corrected chi connectivity index (χ2v) is 8.78. The minimum Gasteiger partial charge on any atom is -0.257 e. The van der Waals surface area contributed by atoms with Gasteiger partial charge in [-0.3, -0.25) is 4.68 Å². The largest absolute Gasteiger partial charge is 0.257 e. The lowest BCUT2D eigenvalue weighted by Gasteiger charge is -2.03. The van der Waals surface area contributed by atoms with Crippen molar-refractivity contribution in [3.8, 4) is 11.5 Å². The predicted molar refractivity (Wildman–Crippen MR) is 58.1 cm³/mol. The summed E-state index contributed by atoms with van der Waals surface area (Å²) in [4.78, 5) is 0. The minimum atomic E-state index is -1.25. The van der Waals surface area contributed by atoms with Crippen molar-refractivity contribution in [2.45, 2.75) is 33.1 Å². The lowest BCUT2D eigenvalue weighted by Crippen LogP contribution is -2.16. The first kappa shape index (κ1) is 10.1. The van der Waals surface area contributed by atoms with Gasteiger partial charge in [0.15, 0.2) is 0 Å². The highest BCUT2D eigenvalue weighted by Crippen LogP contribution is 2.00. The molecule has 1 aromatic heterocycles. The number of aryl methyl sites for hydroxylation is 1. The summed E-state index contributed by atoms with van der Waals surface area (Å²) in [7, 11) is -1.25. The van der Waals surface area contributed by atoms with Crippen LogP contribution in [0.25, 0.3) is 0 Å². The lowest BCUT2D eigenvalue weighted by molar-refractivity contribution is 0.652. The maximum atomic E-state index is 4.16. The van der Waals surface area contributed by atoms with Crippen molar-refractivity contribution >= 4 is 8.07 Å². The Morgan fingerprint density at radius 3 is 2.69 bits per heavy atom. The van der Waals surface area contributed by atoms with Gasteiger partial charge in [0.2, 0.25) is 0 Å². The van der Waals surface area contributed by atoms with E-state index in [0.717, 1.165) is 12.2 Å². The van der Waals surface area contributed by atoms with E-state index in [2.05, 4.69) is 43.1 Å². The standard InChI is InChI=1S/C10H16N2Si/c1-5-12-10(6-8-11-12)7-9-13(2,3)4/h6,8H,5H2,1-4H3. The van der Waals surface area contributed by atoms with E-state index >= 15 is 0 Å². The summed E-state index contributed by atoms with van der Waals surface area (Å²) >= 11 is 0. The summed E-state index contributed by atoms with van der Waals surface area (Å²) in [6, 6.07) is 1.97. The molecule has 0 aliphatic heterocycles. The number of nitrogens with zero attached hydrogens (tertiary/aromatic N) is 2. The highest BCUT2D eigenvalue weighted by Gasteiger charge is 2.07. The molecule has 0 fully saturated rings. The third kappa shape index (κ3) is 3.08. The molecule has 0 unspecified atom stereocenters. The van der Waals surface area contributed by atoms with Crippen LogP contribution < -0.4 is 0 Å². The monoisotopic (exact) mass is 192 g/mol. The van der Waals surface area contributed by atoms with Gasteiger partial charge in [-0.2, -0.15) is 5.10 Å². The number of rotatable bonds is 1. The Labute approximate surface area is 81.0 Å². The molecule has 1 heterocycles. The molecule has 0 radical (unpaired) electrons. The molecule has 0 spiro atoms. The van der Waals surface area contributed by atoms with Crippen LogP contribution in [0.15, 0.2) is 12.3 Å². The van der Waals surface area contributed by atoms with Crippen LogP contribution in [-0.2, 0) is 6.54 Å². The van der Waals surface area contributed by atoms with E-state index in [1.165, 1.54) is 0 Å². The predicted octanol–water partition coefficient (Wildman–Crippen LogP) is 2.13. The van der Waals surface area contributed by atoms with Crippen LogP contribution in [-0.4, -0.2) is 17.9 Å². The molecule has 0 N–H and O–H groups in total. The molecule has 0 aliphatic rings. The minimum absolute atomic E-state index is 0.892. The topological polar surface area (TPSA) is 17.8 Å². The molecule has 2 nitrogen and oxygen atoms in total. The van der Waals surface area contributed by atoms with Crippen LogP contribution in [0.5, 0.6) is 0 Å². The van der Waals surface area contributed by atoms with Gasteiger partial charge in [0.05, 0.1) is 6.20 Å². The molecule has 0 atom stereocenters. The third-order valence-corrected chi connectivity index (χ3v) is 2.46. The Hall–Kier alpha value is -1.01. The van der Waals surface area contributed by atoms with Gasteiger partial charge >= 0.3 is 0 Å². The smallest absolute Gasteiger partial charge is 0.129 e. The van der Waals surface area contributed by atoms with E-state index in [-0.39, 0.29) is 0 Å². The number of aromatic nitrogens is 2. The van der Waals surface area contributed by atoms with E-state index in [9.17, 15) is 0 Å².